The predicted octanol–water partition coefficient (Wildman–Crippen LogP) is 3.09. The van der Waals surface area contributed by atoms with Crippen LogP contribution in [0, 0.1) is 17.0 Å². The lowest BCUT2D eigenvalue weighted by Crippen LogP contribution is -2.50. The summed E-state index contributed by atoms with van der Waals surface area (Å²) in [4.78, 5) is 17.0. The van der Waals surface area contributed by atoms with E-state index >= 15 is 0 Å². The van der Waals surface area contributed by atoms with Gasteiger partial charge in [-0.1, -0.05) is 6.07 Å². The number of hydrogen-bond donors (Lipinski definition) is 1. The van der Waals surface area contributed by atoms with E-state index in [1.165, 1.54) is 18.2 Å². The largest absolute Gasteiger partial charge is 0.393 e. The quantitative estimate of drug-likeness (QED) is 0.877. The molecule has 1 saturated carbocycles. The highest BCUT2D eigenvalue weighted by molar-refractivity contribution is 5.86. The summed E-state index contributed by atoms with van der Waals surface area (Å²) in [6.45, 7) is 1.67. The highest BCUT2D eigenvalue weighted by Gasteiger charge is 2.51. The standard InChI is InChI=1S/C20H26F2N2O2/c21-16-3-1-4-17(22)18(16)23-11-2-9-20(13-23)10-12-24(19(20)26)14-5-7-15(25)8-6-14/h1,3-4,14-15,25H,2,5-13H2/t14-,15+,20-/m1/s1. The maximum atomic E-state index is 14.2. The van der Waals surface area contributed by atoms with Gasteiger partial charge in [-0.2, -0.15) is 0 Å². The number of aliphatic hydroxyl groups is 1. The molecule has 4 nitrogen and oxygen atoms in total. The van der Waals surface area contributed by atoms with Gasteiger partial charge in [0.15, 0.2) is 0 Å². The SMILES string of the molecule is O=C1N([C@H]2CC[C@@H](O)CC2)CC[C@@]12CCCN(c1c(F)cccc1F)C2. The van der Waals surface area contributed by atoms with Crippen molar-refractivity contribution in [2.45, 2.75) is 57.1 Å². The molecule has 1 amide bonds. The first-order valence-electron chi connectivity index (χ1n) is 9.68. The Bertz CT molecular complexity index is 670. The zero-order chi connectivity index (χ0) is 18.3. The van der Waals surface area contributed by atoms with E-state index in [-0.39, 0.29) is 23.7 Å². The Labute approximate surface area is 152 Å². The molecule has 0 bridgehead atoms. The summed E-state index contributed by atoms with van der Waals surface area (Å²) in [5.41, 5.74) is -0.526. The van der Waals surface area contributed by atoms with Crippen molar-refractivity contribution in [1.29, 1.82) is 0 Å². The van der Waals surface area contributed by atoms with Crippen LogP contribution < -0.4 is 4.90 Å². The molecule has 4 rings (SSSR count). The lowest BCUT2D eigenvalue weighted by molar-refractivity contribution is -0.139. The van der Waals surface area contributed by atoms with Gasteiger partial charge in [0, 0.05) is 25.7 Å². The maximum absolute atomic E-state index is 14.2. The first-order valence-corrected chi connectivity index (χ1v) is 9.68. The molecule has 1 N–H and O–H groups in total. The molecule has 1 atom stereocenters. The third kappa shape index (κ3) is 2.98. The van der Waals surface area contributed by atoms with Crippen LogP contribution in [-0.2, 0) is 4.79 Å². The Hall–Kier alpha value is -1.69. The second-order valence-corrected chi connectivity index (χ2v) is 8.09. The van der Waals surface area contributed by atoms with Crippen LogP contribution in [0.1, 0.15) is 44.9 Å². The zero-order valence-electron chi connectivity index (χ0n) is 15.0. The van der Waals surface area contributed by atoms with Crippen LogP contribution in [0.15, 0.2) is 18.2 Å². The molecule has 1 aliphatic carbocycles. The van der Waals surface area contributed by atoms with Crippen molar-refractivity contribution in [3.8, 4) is 0 Å². The van der Waals surface area contributed by atoms with Gasteiger partial charge in [0.25, 0.3) is 0 Å². The van der Waals surface area contributed by atoms with Crippen molar-refractivity contribution < 1.29 is 18.7 Å². The third-order valence-electron chi connectivity index (χ3n) is 6.48. The van der Waals surface area contributed by atoms with Gasteiger partial charge in [-0.05, 0) is 57.1 Å². The topological polar surface area (TPSA) is 43.8 Å². The first kappa shape index (κ1) is 17.7. The van der Waals surface area contributed by atoms with E-state index in [0.29, 0.717) is 19.6 Å². The average Bonchev–Trinajstić information content (AvgIpc) is 2.92. The number of amides is 1. The second kappa shape index (κ2) is 6.80. The van der Waals surface area contributed by atoms with Gasteiger partial charge >= 0.3 is 0 Å². The van der Waals surface area contributed by atoms with Crippen LogP contribution in [0.25, 0.3) is 0 Å². The van der Waals surface area contributed by atoms with Crippen LogP contribution in [0.3, 0.4) is 0 Å². The average molecular weight is 364 g/mol. The summed E-state index contributed by atoms with van der Waals surface area (Å²) in [6.07, 6.45) is 5.22. The van der Waals surface area contributed by atoms with Crippen molar-refractivity contribution in [2.75, 3.05) is 24.5 Å². The minimum atomic E-state index is -0.564. The van der Waals surface area contributed by atoms with Gasteiger partial charge in [-0.15, -0.1) is 0 Å². The number of aliphatic hydroxyl groups excluding tert-OH is 1. The minimum Gasteiger partial charge on any atom is -0.393 e. The Morgan fingerprint density at radius 3 is 2.42 bits per heavy atom. The van der Waals surface area contributed by atoms with Crippen molar-refractivity contribution in [1.82, 2.24) is 4.90 Å². The number of rotatable bonds is 2. The maximum Gasteiger partial charge on any atom is 0.230 e. The number of piperidine rings is 1. The second-order valence-electron chi connectivity index (χ2n) is 8.09. The molecule has 142 valence electrons. The van der Waals surface area contributed by atoms with Gasteiger partial charge in [-0.25, -0.2) is 8.78 Å². The van der Waals surface area contributed by atoms with Crippen molar-refractivity contribution in [2.24, 2.45) is 5.41 Å². The molecular weight excluding hydrogens is 338 g/mol. The van der Waals surface area contributed by atoms with Gasteiger partial charge in [0.1, 0.15) is 17.3 Å². The fraction of sp³-hybridized carbons (Fsp3) is 0.650. The summed E-state index contributed by atoms with van der Waals surface area (Å²) < 4.78 is 28.4. The van der Waals surface area contributed by atoms with E-state index in [2.05, 4.69) is 0 Å². The zero-order valence-corrected chi connectivity index (χ0v) is 15.0. The number of hydrogen-bond acceptors (Lipinski definition) is 3. The lowest BCUT2D eigenvalue weighted by atomic mass is 9.78. The highest BCUT2D eigenvalue weighted by Crippen LogP contribution is 2.44. The predicted molar refractivity (Wildman–Crippen MR) is 94.8 cm³/mol. The molecule has 2 aliphatic heterocycles. The molecule has 6 heteroatoms. The van der Waals surface area contributed by atoms with Gasteiger partial charge < -0.3 is 14.9 Å². The number of nitrogens with zero attached hydrogens (tertiary/aromatic N) is 2. The van der Waals surface area contributed by atoms with E-state index in [0.717, 1.165) is 44.9 Å². The summed E-state index contributed by atoms with van der Waals surface area (Å²) in [5.74, 6) is -0.989. The monoisotopic (exact) mass is 364 g/mol. The smallest absolute Gasteiger partial charge is 0.230 e. The van der Waals surface area contributed by atoms with Crippen LogP contribution in [-0.4, -0.2) is 47.7 Å². The molecule has 26 heavy (non-hydrogen) atoms. The number of halogens is 2. The van der Waals surface area contributed by atoms with E-state index in [9.17, 15) is 18.7 Å². The molecule has 3 aliphatic rings. The molecule has 1 spiro atoms. The summed E-state index contributed by atoms with van der Waals surface area (Å²) in [7, 11) is 0. The van der Waals surface area contributed by atoms with E-state index in [4.69, 9.17) is 0 Å². The molecule has 2 saturated heterocycles. The number of carbonyl (C=O) groups excluding carboxylic acids is 1. The molecule has 0 radical (unpaired) electrons. The third-order valence-corrected chi connectivity index (χ3v) is 6.48. The fourth-order valence-electron chi connectivity index (χ4n) is 5.06. The highest BCUT2D eigenvalue weighted by atomic mass is 19.1. The van der Waals surface area contributed by atoms with Crippen molar-refractivity contribution in [3.05, 3.63) is 29.8 Å². The van der Waals surface area contributed by atoms with Gasteiger partial charge in [-0.3, -0.25) is 4.79 Å². The number of para-hydroxylation sites is 1. The molecule has 3 fully saturated rings. The number of anilines is 1. The van der Waals surface area contributed by atoms with Crippen LogP contribution in [0.2, 0.25) is 0 Å². The van der Waals surface area contributed by atoms with Gasteiger partial charge in [0.05, 0.1) is 11.5 Å². The molecule has 0 unspecified atom stereocenters. The molecule has 1 aromatic rings. The first-order chi connectivity index (χ1) is 12.5. The van der Waals surface area contributed by atoms with Crippen molar-refractivity contribution >= 4 is 11.6 Å². The summed E-state index contributed by atoms with van der Waals surface area (Å²) in [6, 6.07) is 4.12. The Morgan fingerprint density at radius 2 is 1.73 bits per heavy atom. The molecular formula is C20H26F2N2O2. The molecule has 1 aromatic carbocycles. The van der Waals surface area contributed by atoms with Crippen LogP contribution >= 0.6 is 0 Å². The number of benzene rings is 1. The fourth-order valence-corrected chi connectivity index (χ4v) is 5.06. The lowest BCUT2D eigenvalue weighted by Gasteiger charge is -2.41. The molecule has 2 heterocycles. The van der Waals surface area contributed by atoms with E-state index in [1.54, 1.807) is 4.90 Å². The van der Waals surface area contributed by atoms with Crippen molar-refractivity contribution in [3.63, 3.8) is 0 Å². The minimum absolute atomic E-state index is 0.00128. The Morgan fingerprint density at radius 1 is 1.04 bits per heavy atom. The van der Waals surface area contributed by atoms with Gasteiger partial charge in [0.2, 0.25) is 5.91 Å². The summed E-state index contributed by atoms with van der Waals surface area (Å²) >= 11 is 0. The van der Waals surface area contributed by atoms with Crippen LogP contribution in [0.4, 0.5) is 14.5 Å². The van der Waals surface area contributed by atoms with E-state index in [1.807, 2.05) is 4.90 Å². The normalized spacial score (nSPS) is 32.5. The molecule has 0 aromatic heterocycles. The van der Waals surface area contributed by atoms with Crippen LogP contribution in [0.5, 0.6) is 0 Å². The summed E-state index contributed by atoms with van der Waals surface area (Å²) in [5, 5.41) is 9.71. The Balaban J connectivity index is 1.53. The van der Waals surface area contributed by atoms with E-state index < -0.39 is 17.0 Å². The Kier molecular flexibility index (Phi) is 4.63. The number of likely N-dealkylation sites (tertiary alicyclic amines) is 1. The number of carbonyl (C=O) groups is 1.